The monoisotopic (exact) mass is 416 g/mol. The highest BCUT2D eigenvalue weighted by molar-refractivity contribution is 7.82. The summed E-state index contributed by atoms with van der Waals surface area (Å²) in [6.45, 7) is 5.96. The van der Waals surface area contributed by atoms with E-state index in [0.717, 1.165) is 48.1 Å². The number of ether oxygens (including phenoxy) is 1. The molecule has 0 fully saturated rings. The Labute approximate surface area is 174 Å². The molecule has 1 amide bonds. The molecule has 0 aliphatic heterocycles. The van der Waals surface area contributed by atoms with E-state index in [0.29, 0.717) is 17.2 Å². The summed E-state index contributed by atoms with van der Waals surface area (Å²) in [7, 11) is 0. The fourth-order valence-corrected chi connectivity index (χ4v) is 4.91. The van der Waals surface area contributed by atoms with Crippen LogP contribution in [0.15, 0.2) is 18.2 Å². The molecule has 2 N–H and O–H groups in total. The molecule has 3 rings (SSSR count). The number of thiophene rings is 1. The van der Waals surface area contributed by atoms with Crippen molar-refractivity contribution in [3.05, 3.63) is 45.3 Å². The zero-order valence-electron chi connectivity index (χ0n) is 16.3. The van der Waals surface area contributed by atoms with Crippen molar-refractivity contribution in [3.63, 3.8) is 0 Å². The van der Waals surface area contributed by atoms with Crippen molar-refractivity contribution in [1.82, 2.24) is 0 Å². The molecule has 1 aliphatic rings. The summed E-state index contributed by atoms with van der Waals surface area (Å²) < 4.78 is 5.25. The molecular formula is C21H24N2O3S2. The van der Waals surface area contributed by atoms with E-state index in [1.54, 1.807) is 6.92 Å². The maximum atomic E-state index is 12.6. The molecule has 28 heavy (non-hydrogen) atoms. The lowest BCUT2D eigenvalue weighted by Gasteiger charge is -2.14. The number of hydrogen-bond donors (Lipinski definition) is 2. The summed E-state index contributed by atoms with van der Waals surface area (Å²) in [5.41, 5.74) is 4.26. The van der Waals surface area contributed by atoms with Gasteiger partial charge in [0, 0.05) is 10.6 Å². The van der Waals surface area contributed by atoms with Gasteiger partial charge >= 0.3 is 5.97 Å². The lowest BCUT2D eigenvalue weighted by Crippen LogP contribution is -2.28. The van der Waals surface area contributed by atoms with Crippen molar-refractivity contribution in [2.45, 2.75) is 46.5 Å². The molecule has 1 heterocycles. The third-order valence-corrected chi connectivity index (χ3v) is 6.30. The number of aryl methyl sites for hydroxylation is 3. The van der Waals surface area contributed by atoms with Crippen molar-refractivity contribution in [2.75, 3.05) is 17.2 Å². The molecule has 5 nitrogen and oxygen atoms in total. The van der Waals surface area contributed by atoms with Crippen molar-refractivity contribution in [1.29, 1.82) is 0 Å². The smallest absolute Gasteiger partial charge is 0.341 e. The number of carbonyl (C=O) groups is 2. The minimum atomic E-state index is -0.395. The highest BCUT2D eigenvalue weighted by atomic mass is 32.1. The second-order valence-corrected chi connectivity index (χ2v) is 8.32. The van der Waals surface area contributed by atoms with Crippen LogP contribution in [0.1, 0.15) is 51.7 Å². The Morgan fingerprint density at radius 2 is 1.82 bits per heavy atom. The van der Waals surface area contributed by atoms with Gasteiger partial charge in [0.25, 0.3) is 5.91 Å². The van der Waals surface area contributed by atoms with E-state index in [4.69, 9.17) is 17.0 Å². The van der Waals surface area contributed by atoms with E-state index < -0.39 is 5.91 Å². The van der Waals surface area contributed by atoms with Gasteiger partial charge in [-0.1, -0.05) is 30.4 Å². The molecule has 1 aromatic heterocycles. The molecule has 0 radical (unpaired) electrons. The van der Waals surface area contributed by atoms with Crippen LogP contribution in [0.5, 0.6) is 0 Å². The highest BCUT2D eigenvalue weighted by Crippen LogP contribution is 2.38. The van der Waals surface area contributed by atoms with Gasteiger partial charge in [0.1, 0.15) is 5.00 Å². The standard InChI is InChI=1S/C21H24N2O3S2/c1-4-26-21(25)16-14-10-5-6-11-15(14)28-20(16)23-19(27)18(24)22-17-12(2)8-7-9-13(17)3/h7-9H,4-6,10-11H2,1-3H3,(H,22,24)(H,23,27). The Morgan fingerprint density at radius 3 is 2.50 bits per heavy atom. The van der Waals surface area contributed by atoms with Crippen molar-refractivity contribution < 1.29 is 14.3 Å². The van der Waals surface area contributed by atoms with Crippen LogP contribution in [-0.4, -0.2) is 23.5 Å². The first-order chi connectivity index (χ1) is 13.4. The van der Waals surface area contributed by atoms with Crippen molar-refractivity contribution in [2.24, 2.45) is 0 Å². The van der Waals surface area contributed by atoms with Crippen LogP contribution < -0.4 is 10.6 Å². The Hall–Kier alpha value is -2.25. The third kappa shape index (κ3) is 4.25. The van der Waals surface area contributed by atoms with Gasteiger partial charge < -0.3 is 15.4 Å². The van der Waals surface area contributed by atoms with Crippen molar-refractivity contribution >= 4 is 51.1 Å². The third-order valence-electron chi connectivity index (χ3n) is 4.80. The maximum Gasteiger partial charge on any atom is 0.341 e. The Bertz CT molecular complexity index is 914. The Morgan fingerprint density at radius 1 is 1.14 bits per heavy atom. The summed E-state index contributed by atoms with van der Waals surface area (Å²) in [4.78, 5) is 26.4. The lowest BCUT2D eigenvalue weighted by atomic mass is 9.95. The van der Waals surface area contributed by atoms with E-state index in [1.807, 2.05) is 32.0 Å². The average molecular weight is 417 g/mol. The van der Waals surface area contributed by atoms with Crippen LogP contribution >= 0.6 is 23.6 Å². The van der Waals surface area contributed by atoms with Gasteiger partial charge in [0.05, 0.1) is 12.2 Å². The van der Waals surface area contributed by atoms with Crippen LogP contribution in [0, 0.1) is 13.8 Å². The van der Waals surface area contributed by atoms with Gasteiger partial charge in [-0.3, -0.25) is 4.79 Å². The molecule has 2 aromatic rings. The lowest BCUT2D eigenvalue weighted by molar-refractivity contribution is -0.110. The molecule has 0 bridgehead atoms. The molecule has 0 unspecified atom stereocenters. The topological polar surface area (TPSA) is 67.4 Å². The fourth-order valence-electron chi connectivity index (χ4n) is 3.41. The number of nitrogens with one attached hydrogen (secondary N) is 2. The van der Waals surface area contributed by atoms with Crippen LogP contribution in [0.25, 0.3) is 0 Å². The summed E-state index contributed by atoms with van der Waals surface area (Å²) in [6.07, 6.45) is 3.94. The van der Waals surface area contributed by atoms with Gasteiger partial charge in [0.15, 0.2) is 4.99 Å². The van der Waals surface area contributed by atoms with Gasteiger partial charge in [0.2, 0.25) is 0 Å². The van der Waals surface area contributed by atoms with Gasteiger partial charge in [-0.2, -0.15) is 0 Å². The van der Waals surface area contributed by atoms with Crippen LogP contribution in [0.2, 0.25) is 0 Å². The number of anilines is 2. The van der Waals surface area contributed by atoms with E-state index >= 15 is 0 Å². The van der Waals surface area contributed by atoms with Gasteiger partial charge in [-0.25, -0.2) is 4.79 Å². The number of fused-ring (bicyclic) bond motifs is 1. The normalized spacial score (nSPS) is 12.8. The molecule has 0 saturated carbocycles. The molecular weight excluding hydrogens is 392 g/mol. The number of carbonyl (C=O) groups excluding carboxylic acids is 2. The number of esters is 1. The number of amides is 1. The number of thiocarbonyl (C=S) groups is 1. The largest absolute Gasteiger partial charge is 0.462 e. The predicted octanol–water partition coefficient (Wildman–Crippen LogP) is 4.80. The summed E-state index contributed by atoms with van der Waals surface area (Å²) >= 11 is 6.82. The molecule has 148 valence electrons. The quantitative estimate of drug-likeness (QED) is 0.554. The zero-order chi connectivity index (χ0) is 20.3. The second-order valence-electron chi connectivity index (χ2n) is 6.81. The van der Waals surface area contributed by atoms with E-state index in [9.17, 15) is 9.59 Å². The van der Waals surface area contributed by atoms with E-state index in [2.05, 4.69) is 10.6 Å². The SMILES string of the molecule is CCOC(=O)c1c(NC(=S)C(=O)Nc2c(C)cccc2C)sc2c1CCCC2. The minimum absolute atomic E-state index is 0.0341. The first-order valence-electron chi connectivity index (χ1n) is 9.42. The van der Waals surface area contributed by atoms with Crippen LogP contribution in [-0.2, 0) is 22.4 Å². The van der Waals surface area contributed by atoms with Crippen LogP contribution in [0.4, 0.5) is 10.7 Å². The fraction of sp³-hybridized carbons (Fsp3) is 0.381. The zero-order valence-corrected chi connectivity index (χ0v) is 17.9. The van der Waals surface area contributed by atoms with Crippen molar-refractivity contribution in [3.8, 4) is 0 Å². The number of para-hydroxylation sites is 1. The Balaban J connectivity index is 1.82. The number of rotatable bonds is 4. The summed E-state index contributed by atoms with van der Waals surface area (Å²) in [5.74, 6) is -0.754. The van der Waals surface area contributed by atoms with E-state index in [1.165, 1.54) is 16.2 Å². The predicted molar refractivity (Wildman–Crippen MR) is 118 cm³/mol. The molecule has 7 heteroatoms. The summed E-state index contributed by atoms with van der Waals surface area (Å²) in [5, 5.41) is 6.49. The number of benzene rings is 1. The highest BCUT2D eigenvalue weighted by Gasteiger charge is 2.27. The molecule has 0 atom stereocenters. The Kier molecular flexibility index (Phi) is 6.46. The number of hydrogen-bond acceptors (Lipinski definition) is 5. The average Bonchev–Trinajstić information content (AvgIpc) is 3.02. The van der Waals surface area contributed by atoms with E-state index in [-0.39, 0.29) is 11.0 Å². The second kappa shape index (κ2) is 8.84. The maximum absolute atomic E-state index is 12.6. The van der Waals surface area contributed by atoms with Crippen LogP contribution in [0.3, 0.4) is 0 Å². The molecule has 1 aliphatic carbocycles. The molecule has 1 aromatic carbocycles. The van der Waals surface area contributed by atoms with Gasteiger partial charge in [-0.15, -0.1) is 11.3 Å². The molecule has 0 spiro atoms. The molecule has 0 saturated heterocycles. The first kappa shape index (κ1) is 20.5. The first-order valence-corrected chi connectivity index (χ1v) is 10.6. The van der Waals surface area contributed by atoms with Gasteiger partial charge in [-0.05, 0) is 63.1 Å². The minimum Gasteiger partial charge on any atom is -0.462 e. The summed E-state index contributed by atoms with van der Waals surface area (Å²) in [6, 6.07) is 5.81.